The van der Waals surface area contributed by atoms with Gasteiger partial charge >= 0.3 is 6.09 Å². The van der Waals surface area contributed by atoms with Crippen LogP contribution >= 0.6 is 11.6 Å². The van der Waals surface area contributed by atoms with Crippen LogP contribution in [0.5, 0.6) is 0 Å². The average molecular weight is 476 g/mol. The number of carbonyl (C=O) groups excluding carboxylic acids is 1. The van der Waals surface area contributed by atoms with E-state index in [1.165, 1.54) is 30.4 Å². The van der Waals surface area contributed by atoms with Gasteiger partial charge in [-0.25, -0.2) is 14.6 Å². The third-order valence-corrected chi connectivity index (χ3v) is 5.43. The minimum Gasteiger partial charge on any atom is -0.478 e. The Kier molecular flexibility index (Phi) is 6.20. The van der Waals surface area contributed by atoms with Crippen molar-refractivity contribution >= 4 is 23.6 Å². The third kappa shape index (κ3) is 4.10. The lowest BCUT2D eigenvalue weighted by atomic mass is 9.98. The van der Waals surface area contributed by atoms with E-state index in [0.717, 1.165) is 0 Å². The largest absolute Gasteiger partial charge is 0.478 e. The molecule has 1 aliphatic carbocycles. The van der Waals surface area contributed by atoms with Crippen LogP contribution in [0.3, 0.4) is 0 Å². The van der Waals surface area contributed by atoms with Gasteiger partial charge in [0.2, 0.25) is 5.90 Å². The molecule has 1 unspecified atom stereocenters. The number of amides is 1. The first-order valence-electron chi connectivity index (χ1n) is 9.87. The average Bonchev–Trinajstić information content (AvgIpc) is 3.47. The van der Waals surface area contributed by atoms with Crippen LogP contribution in [0.4, 0.5) is 9.18 Å². The highest BCUT2D eigenvalue weighted by Gasteiger charge is 2.45. The number of tetrazole rings is 1. The molecule has 0 radical (unpaired) electrons. The Morgan fingerprint density at radius 1 is 1.45 bits per heavy atom. The van der Waals surface area contributed by atoms with Crippen LogP contribution in [0.1, 0.15) is 24.6 Å². The number of hydrogen-bond donors (Lipinski definition) is 2. The van der Waals surface area contributed by atoms with Gasteiger partial charge in [0, 0.05) is 17.3 Å². The normalized spacial score (nSPS) is 17.5. The number of carbonyl (C=O) groups is 1. The molecule has 1 aliphatic rings. The highest BCUT2D eigenvalue weighted by Crippen LogP contribution is 2.40. The van der Waals surface area contributed by atoms with E-state index in [1.807, 2.05) is 0 Å². The van der Waals surface area contributed by atoms with Crippen LogP contribution in [0.2, 0.25) is 5.02 Å². The van der Waals surface area contributed by atoms with Gasteiger partial charge in [-0.1, -0.05) is 11.6 Å². The van der Waals surface area contributed by atoms with Crippen molar-refractivity contribution in [1.82, 2.24) is 30.6 Å². The summed E-state index contributed by atoms with van der Waals surface area (Å²) in [6.45, 7) is 1.91. The predicted molar refractivity (Wildman–Crippen MR) is 114 cm³/mol. The zero-order valence-electron chi connectivity index (χ0n) is 17.6. The van der Waals surface area contributed by atoms with Crippen LogP contribution in [0, 0.1) is 5.82 Å². The Morgan fingerprint density at radius 3 is 2.97 bits per heavy atom. The molecule has 33 heavy (non-hydrogen) atoms. The number of methoxy groups -OCH3 is 1. The van der Waals surface area contributed by atoms with Gasteiger partial charge in [-0.2, -0.15) is 4.68 Å². The van der Waals surface area contributed by atoms with E-state index in [0.29, 0.717) is 23.2 Å². The first-order valence-corrected chi connectivity index (χ1v) is 10.2. The Labute approximate surface area is 192 Å². The maximum Gasteiger partial charge on any atom is 0.427 e. The van der Waals surface area contributed by atoms with Crippen molar-refractivity contribution in [2.75, 3.05) is 13.7 Å². The zero-order valence-corrected chi connectivity index (χ0v) is 18.4. The van der Waals surface area contributed by atoms with Crippen molar-refractivity contribution in [3.63, 3.8) is 0 Å². The van der Waals surface area contributed by atoms with Crippen molar-refractivity contribution in [3.8, 4) is 16.8 Å². The van der Waals surface area contributed by atoms with Crippen molar-refractivity contribution in [3.05, 3.63) is 52.8 Å². The number of nitrogens with zero attached hydrogens (tertiary/aromatic N) is 6. The summed E-state index contributed by atoms with van der Waals surface area (Å²) in [6, 6.07) is 4.72. The number of benzene rings is 1. The fourth-order valence-electron chi connectivity index (χ4n) is 3.65. The van der Waals surface area contributed by atoms with Crippen LogP contribution in [-0.4, -0.2) is 56.0 Å². The molecule has 3 aromatic rings. The highest BCUT2D eigenvalue weighted by molar-refractivity contribution is 6.31. The van der Waals surface area contributed by atoms with Gasteiger partial charge in [0.1, 0.15) is 6.33 Å². The highest BCUT2D eigenvalue weighted by atomic mass is 35.5. The quantitative estimate of drug-likeness (QED) is 0.326. The molecule has 0 saturated carbocycles. The van der Waals surface area contributed by atoms with Crippen molar-refractivity contribution in [2.45, 2.75) is 25.4 Å². The molecule has 2 N–H and O–H groups in total. The molecule has 0 saturated heterocycles. The van der Waals surface area contributed by atoms with Crippen LogP contribution in [0.15, 0.2) is 35.8 Å². The fourth-order valence-corrected chi connectivity index (χ4v) is 3.81. The number of hydrogen-bond acceptors (Lipinski definition) is 9. The maximum atomic E-state index is 15.1. The van der Waals surface area contributed by atoms with Gasteiger partial charge < -0.3 is 14.6 Å². The fraction of sp³-hybridized carbons (Fsp3) is 0.300. The van der Waals surface area contributed by atoms with Gasteiger partial charge in [-0.3, -0.25) is 4.98 Å². The number of pyridine rings is 1. The van der Waals surface area contributed by atoms with Crippen molar-refractivity contribution < 1.29 is 23.8 Å². The SMILES string of the molecule is CCO/C(=N\NC(=O)OC)C1(O)CCc2cc(-c3c(-n4cnnn4)ccc(Cl)c3F)cnc21. The van der Waals surface area contributed by atoms with Crippen LogP contribution < -0.4 is 5.43 Å². The second-order valence-corrected chi connectivity index (χ2v) is 7.46. The second-order valence-electron chi connectivity index (χ2n) is 7.06. The van der Waals surface area contributed by atoms with E-state index in [1.54, 1.807) is 19.1 Å². The predicted octanol–water partition coefficient (Wildman–Crippen LogP) is 2.36. The summed E-state index contributed by atoms with van der Waals surface area (Å²) < 4.78 is 26.4. The van der Waals surface area contributed by atoms with E-state index < -0.39 is 17.5 Å². The summed E-state index contributed by atoms with van der Waals surface area (Å²) in [6.07, 6.45) is 2.53. The van der Waals surface area contributed by atoms with E-state index in [4.69, 9.17) is 16.3 Å². The topological polar surface area (TPSA) is 137 Å². The van der Waals surface area contributed by atoms with Crippen LogP contribution in [-0.2, 0) is 21.5 Å². The molecular formula is C20H19ClFN7O4. The lowest BCUT2D eigenvalue weighted by molar-refractivity contribution is 0.0748. The molecule has 172 valence electrons. The van der Waals surface area contributed by atoms with Gasteiger partial charge in [0.15, 0.2) is 11.4 Å². The Hall–Kier alpha value is -3.64. The van der Waals surface area contributed by atoms with E-state index in [-0.39, 0.29) is 35.2 Å². The Morgan fingerprint density at radius 2 is 2.27 bits per heavy atom. The molecular weight excluding hydrogens is 457 g/mol. The van der Waals surface area contributed by atoms with Crippen molar-refractivity contribution in [2.24, 2.45) is 5.10 Å². The van der Waals surface area contributed by atoms with Crippen LogP contribution in [0.25, 0.3) is 16.8 Å². The van der Waals surface area contributed by atoms with E-state index >= 15 is 4.39 Å². The Bertz CT molecular complexity index is 1220. The number of ether oxygens (including phenoxy) is 2. The first-order chi connectivity index (χ1) is 15.9. The minimum absolute atomic E-state index is 0.0709. The molecule has 0 fully saturated rings. The third-order valence-electron chi connectivity index (χ3n) is 5.14. The molecule has 13 heteroatoms. The second kappa shape index (κ2) is 9.08. The number of hydrazone groups is 1. The smallest absolute Gasteiger partial charge is 0.427 e. The van der Waals surface area contributed by atoms with Gasteiger partial charge in [-0.05, 0) is 54.0 Å². The molecule has 11 nitrogen and oxygen atoms in total. The maximum absolute atomic E-state index is 15.1. The standard InChI is InChI=1S/C20H19ClFN7O4/c1-3-33-18(25-26-19(30)32-2)20(31)7-6-11-8-12(9-23-17(11)20)15-14(29-10-24-27-28-29)5-4-13(21)16(15)22/h4-5,8-10,31H,3,6-7H2,1-2H3,(H,26,30)/b25-18-. The van der Waals surface area contributed by atoms with Gasteiger partial charge in [-0.15, -0.1) is 10.2 Å². The summed E-state index contributed by atoms with van der Waals surface area (Å²) in [7, 11) is 1.19. The first kappa shape index (κ1) is 22.6. The molecule has 2 aromatic heterocycles. The number of aliphatic hydroxyl groups is 1. The lowest BCUT2D eigenvalue weighted by Crippen LogP contribution is -2.38. The van der Waals surface area contributed by atoms with Gasteiger partial charge in [0.25, 0.3) is 0 Å². The molecule has 1 atom stereocenters. The monoisotopic (exact) mass is 475 g/mol. The number of fused-ring (bicyclic) bond motifs is 1. The zero-order chi connectivity index (χ0) is 23.6. The lowest BCUT2D eigenvalue weighted by Gasteiger charge is -2.24. The summed E-state index contributed by atoms with van der Waals surface area (Å²) in [5, 5.41) is 26.2. The number of nitrogens with one attached hydrogen (secondary N) is 1. The molecule has 1 aromatic carbocycles. The molecule has 4 rings (SSSR count). The van der Waals surface area contributed by atoms with E-state index in [9.17, 15) is 9.90 Å². The number of rotatable bonds is 5. The summed E-state index contributed by atoms with van der Waals surface area (Å²) in [5.74, 6) is -0.781. The Balaban J connectivity index is 1.78. The molecule has 0 aliphatic heterocycles. The molecule has 0 bridgehead atoms. The molecule has 0 spiro atoms. The molecule has 1 amide bonds. The summed E-state index contributed by atoms with van der Waals surface area (Å²) in [4.78, 5) is 15.8. The number of aromatic nitrogens is 5. The number of halogens is 2. The summed E-state index contributed by atoms with van der Waals surface area (Å²) in [5.41, 5.74) is 2.36. The van der Waals surface area contributed by atoms with Crippen molar-refractivity contribution in [1.29, 1.82) is 0 Å². The van der Waals surface area contributed by atoms with Gasteiger partial charge in [0.05, 0.1) is 30.1 Å². The minimum atomic E-state index is -1.68. The summed E-state index contributed by atoms with van der Waals surface area (Å²) >= 11 is 6.03. The van der Waals surface area contributed by atoms with E-state index in [2.05, 4.69) is 35.8 Å². The number of aryl methyl sites for hydroxylation is 1. The molecule has 2 heterocycles.